The Morgan fingerprint density at radius 3 is 2.78 bits per heavy atom. The fraction of sp³-hybridized carbons (Fsp3) is 0.438. The second-order valence-electron chi connectivity index (χ2n) is 5.78. The van der Waals surface area contributed by atoms with Crippen molar-refractivity contribution >= 4 is 5.91 Å². The van der Waals surface area contributed by atoms with Crippen molar-refractivity contribution in [2.24, 2.45) is 5.92 Å². The molecule has 0 saturated heterocycles. The average molecular weight is 320 g/mol. The van der Waals surface area contributed by atoms with Gasteiger partial charge in [-0.3, -0.25) is 4.79 Å². The number of hydrogen-bond donors (Lipinski definition) is 1. The molecule has 1 amide bonds. The van der Waals surface area contributed by atoms with Gasteiger partial charge in [0.25, 0.3) is 5.91 Å². The lowest BCUT2D eigenvalue weighted by atomic mass is 10.1. The van der Waals surface area contributed by atoms with Gasteiger partial charge in [-0.05, 0) is 44.2 Å². The molecule has 2 aromatic rings. The van der Waals surface area contributed by atoms with Crippen molar-refractivity contribution in [1.82, 2.24) is 20.1 Å². The van der Waals surface area contributed by atoms with E-state index in [9.17, 15) is 13.6 Å². The molecular formula is C16H18F2N4O. The van der Waals surface area contributed by atoms with Gasteiger partial charge in [0.15, 0.2) is 11.6 Å². The fourth-order valence-electron chi connectivity index (χ4n) is 2.62. The average Bonchev–Trinajstić information content (AvgIpc) is 3.27. The van der Waals surface area contributed by atoms with Gasteiger partial charge < -0.3 is 5.32 Å². The first-order valence-electron chi connectivity index (χ1n) is 7.66. The van der Waals surface area contributed by atoms with Crippen LogP contribution in [0.25, 0.3) is 0 Å². The lowest BCUT2D eigenvalue weighted by molar-refractivity contribution is 0.0923. The summed E-state index contributed by atoms with van der Waals surface area (Å²) >= 11 is 0. The number of rotatable bonds is 5. The maximum absolute atomic E-state index is 14.0. The van der Waals surface area contributed by atoms with Crippen LogP contribution in [0.5, 0.6) is 0 Å². The van der Waals surface area contributed by atoms with E-state index in [0.29, 0.717) is 12.4 Å². The Balaban J connectivity index is 1.87. The van der Waals surface area contributed by atoms with Crippen molar-refractivity contribution in [1.29, 1.82) is 0 Å². The number of halogens is 2. The minimum Gasteiger partial charge on any atom is -0.342 e. The SMILES string of the molecule is CCn1ncnc1C(NC(=O)c1ccc(C)c(F)c1F)C1CC1. The van der Waals surface area contributed by atoms with Gasteiger partial charge >= 0.3 is 0 Å². The summed E-state index contributed by atoms with van der Waals surface area (Å²) in [7, 11) is 0. The molecule has 1 saturated carbocycles. The van der Waals surface area contributed by atoms with E-state index in [2.05, 4.69) is 15.4 Å². The minimum atomic E-state index is -1.12. The summed E-state index contributed by atoms with van der Waals surface area (Å²) in [4.78, 5) is 16.6. The molecule has 0 spiro atoms. The predicted molar refractivity (Wildman–Crippen MR) is 79.7 cm³/mol. The van der Waals surface area contributed by atoms with E-state index in [1.807, 2.05) is 6.92 Å². The molecule has 3 rings (SSSR count). The maximum atomic E-state index is 14.0. The molecule has 1 aliphatic carbocycles. The van der Waals surface area contributed by atoms with Gasteiger partial charge in [0.2, 0.25) is 0 Å². The standard InChI is InChI=1S/C16H18F2N4O/c1-3-22-15(19-8-20-22)14(10-5-6-10)21-16(23)11-7-4-9(2)12(17)13(11)18/h4,7-8,10,14H,3,5-6H2,1-2H3,(H,21,23). The molecule has 122 valence electrons. The fourth-order valence-corrected chi connectivity index (χ4v) is 2.62. The lowest BCUT2D eigenvalue weighted by Gasteiger charge is -2.18. The first kappa shape index (κ1) is 15.6. The Morgan fingerprint density at radius 2 is 2.13 bits per heavy atom. The van der Waals surface area contributed by atoms with Crippen molar-refractivity contribution in [3.05, 3.63) is 47.0 Å². The molecule has 23 heavy (non-hydrogen) atoms. The van der Waals surface area contributed by atoms with E-state index in [4.69, 9.17) is 0 Å². The van der Waals surface area contributed by atoms with Gasteiger partial charge in [-0.15, -0.1) is 0 Å². The summed E-state index contributed by atoms with van der Waals surface area (Å²) in [6, 6.07) is 2.36. The van der Waals surface area contributed by atoms with Crippen LogP contribution in [0.2, 0.25) is 0 Å². The zero-order valence-electron chi connectivity index (χ0n) is 13.0. The second-order valence-corrected chi connectivity index (χ2v) is 5.78. The topological polar surface area (TPSA) is 59.8 Å². The number of amides is 1. The number of carbonyl (C=O) groups excluding carboxylic acids is 1. The first-order chi connectivity index (χ1) is 11.0. The highest BCUT2D eigenvalue weighted by atomic mass is 19.2. The number of nitrogens with zero attached hydrogens (tertiary/aromatic N) is 3. The molecule has 0 bridgehead atoms. The lowest BCUT2D eigenvalue weighted by Crippen LogP contribution is -2.32. The van der Waals surface area contributed by atoms with Gasteiger partial charge in [-0.2, -0.15) is 5.10 Å². The molecule has 0 aliphatic heterocycles. The summed E-state index contributed by atoms with van der Waals surface area (Å²) in [5.74, 6) is -1.83. The highest BCUT2D eigenvalue weighted by molar-refractivity contribution is 5.94. The number of benzene rings is 1. The van der Waals surface area contributed by atoms with E-state index in [1.54, 1.807) is 4.68 Å². The molecule has 0 radical (unpaired) electrons. The number of hydrogen-bond acceptors (Lipinski definition) is 3. The summed E-state index contributed by atoms with van der Waals surface area (Å²) in [6.07, 6.45) is 3.37. The van der Waals surface area contributed by atoms with Crippen molar-refractivity contribution in [2.75, 3.05) is 0 Å². The Hall–Kier alpha value is -2.31. The van der Waals surface area contributed by atoms with Crippen LogP contribution in [0.1, 0.15) is 47.6 Å². The Morgan fingerprint density at radius 1 is 1.39 bits per heavy atom. The summed E-state index contributed by atoms with van der Waals surface area (Å²) in [5, 5.41) is 6.90. The third-order valence-corrected chi connectivity index (χ3v) is 4.12. The van der Waals surface area contributed by atoms with Crippen LogP contribution in [0.4, 0.5) is 8.78 Å². The monoisotopic (exact) mass is 320 g/mol. The molecule has 7 heteroatoms. The van der Waals surface area contributed by atoms with Gasteiger partial charge in [-0.1, -0.05) is 6.07 Å². The Labute approximate surface area is 132 Å². The summed E-state index contributed by atoms with van der Waals surface area (Å²) < 4.78 is 29.4. The van der Waals surface area contributed by atoms with E-state index < -0.39 is 17.5 Å². The van der Waals surface area contributed by atoms with E-state index in [1.165, 1.54) is 25.4 Å². The van der Waals surface area contributed by atoms with Crippen LogP contribution >= 0.6 is 0 Å². The smallest absolute Gasteiger partial charge is 0.254 e. The van der Waals surface area contributed by atoms with Crippen LogP contribution in [-0.4, -0.2) is 20.7 Å². The van der Waals surface area contributed by atoms with Crippen molar-refractivity contribution in [3.8, 4) is 0 Å². The molecule has 1 heterocycles. The van der Waals surface area contributed by atoms with Gasteiger partial charge in [-0.25, -0.2) is 18.4 Å². The zero-order chi connectivity index (χ0) is 16.6. The molecular weight excluding hydrogens is 302 g/mol. The maximum Gasteiger partial charge on any atom is 0.254 e. The largest absolute Gasteiger partial charge is 0.342 e. The number of carbonyl (C=O) groups is 1. The van der Waals surface area contributed by atoms with Gasteiger partial charge in [0.1, 0.15) is 12.2 Å². The third-order valence-electron chi connectivity index (χ3n) is 4.12. The first-order valence-corrected chi connectivity index (χ1v) is 7.66. The predicted octanol–water partition coefficient (Wildman–Crippen LogP) is 2.77. The highest BCUT2D eigenvalue weighted by Gasteiger charge is 2.37. The van der Waals surface area contributed by atoms with Crippen molar-refractivity contribution < 1.29 is 13.6 Å². The second kappa shape index (κ2) is 6.06. The molecule has 1 fully saturated rings. The van der Waals surface area contributed by atoms with Crippen LogP contribution in [0, 0.1) is 24.5 Å². The van der Waals surface area contributed by atoms with Crippen LogP contribution < -0.4 is 5.32 Å². The van der Waals surface area contributed by atoms with Crippen LogP contribution in [-0.2, 0) is 6.54 Å². The molecule has 1 aliphatic rings. The summed E-state index contributed by atoms with van der Waals surface area (Å²) in [5.41, 5.74) is -0.121. The number of nitrogens with one attached hydrogen (secondary N) is 1. The Bertz CT molecular complexity index is 740. The van der Waals surface area contributed by atoms with Gasteiger partial charge in [0, 0.05) is 6.54 Å². The molecule has 1 aromatic carbocycles. The third kappa shape index (κ3) is 2.95. The van der Waals surface area contributed by atoms with Gasteiger partial charge in [0.05, 0.1) is 11.6 Å². The highest BCUT2D eigenvalue weighted by Crippen LogP contribution is 2.40. The van der Waals surface area contributed by atoms with Crippen LogP contribution in [0.15, 0.2) is 18.5 Å². The molecule has 1 unspecified atom stereocenters. The van der Waals surface area contributed by atoms with E-state index in [-0.39, 0.29) is 23.1 Å². The minimum absolute atomic E-state index is 0.170. The summed E-state index contributed by atoms with van der Waals surface area (Å²) in [6.45, 7) is 4.01. The number of aryl methyl sites for hydroxylation is 2. The Kier molecular flexibility index (Phi) is 4.11. The molecule has 1 atom stereocenters. The van der Waals surface area contributed by atoms with E-state index in [0.717, 1.165) is 12.8 Å². The quantitative estimate of drug-likeness (QED) is 0.921. The number of aromatic nitrogens is 3. The normalized spacial score (nSPS) is 15.5. The molecule has 1 aromatic heterocycles. The molecule has 1 N–H and O–H groups in total. The molecule has 5 nitrogen and oxygen atoms in total. The van der Waals surface area contributed by atoms with E-state index >= 15 is 0 Å². The van der Waals surface area contributed by atoms with Crippen molar-refractivity contribution in [2.45, 2.75) is 39.3 Å². The van der Waals surface area contributed by atoms with Crippen LogP contribution in [0.3, 0.4) is 0 Å². The zero-order valence-corrected chi connectivity index (χ0v) is 13.0. The van der Waals surface area contributed by atoms with Crippen molar-refractivity contribution in [3.63, 3.8) is 0 Å².